The van der Waals surface area contributed by atoms with E-state index in [4.69, 9.17) is 14.2 Å². The molecule has 0 aliphatic carbocycles. The third-order valence-corrected chi connectivity index (χ3v) is 5.02. The number of pyridine rings is 1. The Hall–Kier alpha value is -2.76. The van der Waals surface area contributed by atoms with Crippen LogP contribution in [-0.4, -0.2) is 48.2 Å². The van der Waals surface area contributed by atoms with Crippen molar-refractivity contribution in [3.8, 4) is 17.2 Å². The number of likely N-dealkylation sites (tertiary alicyclic amines) is 1. The van der Waals surface area contributed by atoms with E-state index < -0.39 is 0 Å². The minimum absolute atomic E-state index is 0.143. The van der Waals surface area contributed by atoms with Gasteiger partial charge in [-0.15, -0.1) is 0 Å². The van der Waals surface area contributed by atoms with E-state index in [1.54, 1.807) is 12.4 Å². The highest BCUT2D eigenvalue weighted by atomic mass is 16.6. The number of hydrogen-bond acceptors (Lipinski definition) is 5. The van der Waals surface area contributed by atoms with Crippen molar-refractivity contribution in [1.82, 2.24) is 9.88 Å². The van der Waals surface area contributed by atoms with Crippen molar-refractivity contribution < 1.29 is 19.0 Å². The SMILES string of the molecule is Cc1cnccc1OC1CCN(C(=O)Cc2ccc3c(c2)OCCO3)CC1. The van der Waals surface area contributed by atoms with Crippen molar-refractivity contribution in [1.29, 1.82) is 0 Å². The predicted octanol–water partition coefficient (Wildman–Crippen LogP) is 2.77. The second kappa shape index (κ2) is 7.86. The van der Waals surface area contributed by atoms with Gasteiger partial charge in [0.2, 0.25) is 5.91 Å². The van der Waals surface area contributed by atoms with Crippen molar-refractivity contribution >= 4 is 5.91 Å². The number of aromatic nitrogens is 1. The van der Waals surface area contributed by atoms with Gasteiger partial charge in [0, 0.05) is 43.9 Å². The molecule has 6 heteroatoms. The summed E-state index contributed by atoms with van der Waals surface area (Å²) in [6.07, 6.45) is 5.76. The van der Waals surface area contributed by atoms with Crippen LogP contribution in [0, 0.1) is 6.92 Å². The van der Waals surface area contributed by atoms with E-state index in [0.29, 0.717) is 19.6 Å². The summed E-state index contributed by atoms with van der Waals surface area (Å²) in [6, 6.07) is 7.63. The Kier molecular flexibility index (Phi) is 5.14. The maximum atomic E-state index is 12.7. The molecular weight excluding hydrogens is 344 g/mol. The lowest BCUT2D eigenvalue weighted by Gasteiger charge is -2.32. The molecule has 3 heterocycles. The van der Waals surface area contributed by atoms with Crippen LogP contribution < -0.4 is 14.2 Å². The molecule has 1 fully saturated rings. The number of fused-ring (bicyclic) bond motifs is 1. The minimum atomic E-state index is 0.143. The number of rotatable bonds is 4. The van der Waals surface area contributed by atoms with Crippen LogP contribution in [0.4, 0.5) is 0 Å². The van der Waals surface area contributed by atoms with Gasteiger partial charge < -0.3 is 19.1 Å². The third kappa shape index (κ3) is 4.15. The molecule has 142 valence electrons. The molecule has 0 unspecified atom stereocenters. The number of ether oxygens (including phenoxy) is 3. The van der Waals surface area contributed by atoms with Gasteiger partial charge in [0.05, 0.1) is 6.42 Å². The number of piperidine rings is 1. The second-order valence-corrected chi connectivity index (χ2v) is 6.99. The van der Waals surface area contributed by atoms with Crippen LogP contribution in [0.5, 0.6) is 17.2 Å². The maximum Gasteiger partial charge on any atom is 0.226 e. The molecule has 0 saturated carbocycles. The first-order valence-electron chi connectivity index (χ1n) is 9.42. The molecule has 1 aromatic carbocycles. The fraction of sp³-hybridized carbons (Fsp3) is 0.429. The molecule has 2 aliphatic heterocycles. The van der Waals surface area contributed by atoms with E-state index >= 15 is 0 Å². The summed E-state index contributed by atoms with van der Waals surface area (Å²) in [5.41, 5.74) is 1.99. The fourth-order valence-electron chi connectivity index (χ4n) is 3.48. The fourth-order valence-corrected chi connectivity index (χ4v) is 3.48. The average molecular weight is 368 g/mol. The zero-order valence-electron chi connectivity index (χ0n) is 15.5. The Bertz CT molecular complexity index is 816. The van der Waals surface area contributed by atoms with E-state index in [1.807, 2.05) is 36.1 Å². The smallest absolute Gasteiger partial charge is 0.226 e. The van der Waals surface area contributed by atoms with E-state index in [1.165, 1.54) is 0 Å². The molecule has 2 aromatic rings. The Morgan fingerprint density at radius 3 is 2.74 bits per heavy atom. The number of benzene rings is 1. The van der Waals surface area contributed by atoms with Gasteiger partial charge in [0.1, 0.15) is 25.1 Å². The Balaban J connectivity index is 1.30. The first kappa shape index (κ1) is 17.6. The number of hydrogen-bond donors (Lipinski definition) is 0. The Labute approximate surface area is 159 Å². The summed E-state index contributed by atoms with van der Waals surface area (Å²) in [5.74, 6) is 2.50. The first-order valence-corrected chi connectivity index (χ1v) is 9.42. The molecule has 27 heavy (non-hydrogen) atoms. The molecule has 1 saturated heterocycles. The van der Waals surface area contributed by atoms with Crippen molar-refractivity contribution in [2.75, 3.05) is 26.3 Å². The molecule has 2 aliphatic rings. The molecule has 1 aromatic heterocycles. The zero-order chi connectivity index (χ0) is 18.6. The standard InChI is InChI=1S/C21H24N2O4/c1-15-14-22-7-4-18(15)27-17-5-8-23(9-6-17)21(24)13-16-2-3-19-20(12-16)26-11-10-25-19/h2-4,7,12,14,17H,5-6,8-11,13H2,1H3. The van der Waals surface area contributed by atoms with Crippen LogP contribution in [0.3, 0.4) is 0 Å². The maximum absolute atomic E-state index is 12.7. The lowest BCUT2D eigenvalue weighted by atomic mass is 10.1. The molecule has 6 nitrogen and oxygen atoms in total. The second-order valence-electron chi connectivity index (χ2n) is 6.99. The predicted molar refractivity (Wildman–Crippen MR) is 100 cm³/mol. The van der Waals surface area contributed by atoms with Crippen molar-refractivity contribution in [2.45, 2.75) is 32.3 Å². The topological polar surface area (TPSA) is 60.9 Å². The van der Waals surface area contributed by atoms with E-state index in [2.05, 4.69) is 4.98 Å². The highest BCUT2D eigenvalue weighted by Gasteiger charge is 2.24. The zero-order valence-corrected chi connectivity index (χ0v) is 15.5. The van der Waals surface area contributed by atoms with E-state index in [9.17, 15) is 4.79 Å². The largest absolute Gasteiger partial charge is 0.490 e. The van der Waals surface area contributed by atoms with Gasteiger partial charge in [0.25, 0.3) is 0 Å². The van der Waals surface area contributed by atoms with Crippen molar-refractivity contribution in [2.24, 2.45) is 0 Å². The van der Waals surface area contributed by atoms with Crippen molar-refractivity contribution in [3.63, 3.8) is 0 Å². The van der Waals surface area contributed by atoms with Crippen LogP contribution in [-0.2, 0) is 11.2 Å². The lowest BCUT2D eigenvalue weighted by molar-refractivity contribution is -0.132. The van der Waals surface area contributed by atoms with E-state index in [0.717, 1.165) is 54.3 Å². The number of carbonyl (C=O) groups is 1. The van der Waals surface area contributed by atoms with Gasteiger partial charge in [-0.25, -0.2) is 0 Å². The minimum Gasteiger partial charge on any atom is -0.490 e. The van der Waals surface area contributed by atoms with Gasteiger partial charge in [-0.2, -0.15) is 0 Å². The van der Waals surface area contributed by atoms with Crippen molar-refractivity contribution in [3.05, 3.63) is 47.8 Å². The summed E-state index contributed by atoms with van der Waals surface area (Å²) in [7, 11) is 0. The molecule has 0 radical (unpaired) electrons. The molecule has 0 atom stereocenters. The lowest BCUT2D eigenvalue weighted by Crippen LogP contribution is -2.42. The molecule has 4 rings (SSSR count). The Morgan fingerprint density at radius 2 is 1.96 bits per heavy atom. The molecule has 1 amide bonds. The van der Waals surface area contributed by atoms with E-state index in [-0.39, 0.29) is 12.0 Å². The van der Waals surface area contributed by atoms with Gasteiger partial charge >= 0.3 is 0 Å². The summed E-state index contributed by atoms with van der Waals surface area (Å²) < 4.78 is 17.2. The van der Waals surface area contributed by atoms with Gasteiger partial charge in [-0.1, -0.05) is 6.07 Å². The summed E-state index contributed by atoms with van der Waals surface area (Å²) >= 11 is 0. The van der Waals surface area contributed by atoms with Gasteiger partial charge in [0.15, 0.2) is 11.5 Å². The normalized spacial score (nSPS) is 16.9. The van der Waals surface area contributed by atoms with Crippen LogP contribution in [0.2, 0.25) is 0 Å². The highest BCUT2D eigenvalue weighted by Crippen LogP contribution is 2.31. The summed E-state index contributed by atoms with van der Waals surface area (Å²) in [5, 5.41) is 0. The number of amides is 1. The monoisotopic (exact) mass is 368 g/mol. The van der Waals surface area contributed by atoms with Crippen LogP contribution >= 0.6 is 0 Å². The average Bonchev–Trinajstić information content (AvgIpc) is 2.70. The molecule has 0 N–H and O–H groups in total. The highest BCUT2D eigenvalue weighted by molar-refractivity contribution is 5.79. The molecule has 0 bridgehead atoms. The van der Waals surface area contributed by atoms with Crippen LogP contribution in [0.15, 0.2) is 36.7 Å². The number of nitrogens with zero attached hydrogens (tertiary/aromatic N) is 2. The first-order chi connectivity index (χ1) is 13.2. The van der Waals surface area contributed by atoms with Gasteiger partial charge in [-0.3, -0.25) is 9.78 Å². The third-order valence-electron chi connectivity index (χ3n) is 5.02. The summed E-state index contributed by atoms with van der Waals surface area (Å²) in [6.45, 7) is 4.56. The molecular formula is C21H24N2O4. The van der Waals surface area contributed by atoms with Gasteiger partial charge in [-0.05, 0) is 30.7 Å². The quantitative estimate of drug-likeness (QED) is 0.830. The summed E-state index contributed by atoms with van der Waals surface area (Å²) in [4.78, 5) is 18.7. The number of carbonyl (C=O) groups excluding carboxylic acids is 1. The Morgan fingerprint density at radius 1 is 1.19 bits per heavy atom. The number of aryl methyl sites for hydroxylation is 1. The van der Waals surface area contributed by atoms with Crippen LogP contribution in [0.1, 0.15) is 24.0 Å². The molecule has 0 spiro atoms. The van der Waals surface area contributed by atoms with Crippen LogP contribution in [0.25, 0.3) is 0 Å².